The summed E-state index contributed by atoms with van der Waals surface area (Å²) in [6.07, 6.45) is 15.2. The molecule has 5 fully saturated rings. The van der Waals surface area contributed by atoms with Gasteiger partial charge in [0.25, 0.3) is 0 Å². The van der Waals surface area contributed by atoms with Crippen molar-refractivity contribution < 1.29 is 9.90 Å². The van der Waals surface area contributed by atoms with Gasteiger partial charge in [-0.2, -0.15) is 0 Å². The van der Waals surface area contributed by atoms with Gasteiger partial charge in [-0.15, -0.1) is 0 Å². The molecule has 5 aliphatic carbocycles. The highest BCUT2D eigenvalue weighted by atomic mass is 16.3. The van der Waals surface area contributed by atoms with Gasteiger partial charge in [0, 0.05) is 24.7 Å². The van der Waals surface area contributed by atoms with Crippen molar-refractivity contribution in [2.24, 2.45) is 46.8 Å². The van der Waals surface area contributed by atoms with Gasteiger partial charge >= 0.3 is 0 Å². The second-order valence-electron chi connectivity index (χ2n) is 11.5. The molecule has 1 aromatic heterocycles. The highest BCUT2D eigenvalue weighted by Gasteiger charge is 2.65. The van der Waals surface area contributed by atoms with Crippen LogP contribution >= 0.6 is 0 Å². The van der Waals surface area contributed by atoms with E-state index < -0.39 is 0 Å². The van der Waals surface area contributed by atoms with Crippen LogP contribution in [0.1, 0.15) is 70.3 Å². The van der Waals surface area contributed by atoms with Gasteiger partial charge in [-0.3, -0.25) is 9.78 Å². The van der Waals surface area contributed by atoms with E-state index in [1.54, 1.807) is 12.4 Å². The minimum absolute atomic E-state index is 0.215. The van der Waals surface area contributed by atoms with Gasteiger partial charge in [0.15, 0.2) is 0 Å². The van der Waals surface area contributed by atoms with Gasteiger partial charge in [-0.05, 0) is 116 Å². The molecule has 0 amide bonds. The predicted octanol–water partition coefficient (Wildman–Crippen LogP) is 4.82. The maximum absolute atomic E-state index is 13.3. The molecule has 3 heteroatoms. The van der Waals surface area contributed by atoms with Crippen molar-refractivity contribution in [2.45, 2.75) is 76.7 Å². The standard InChI is InChI=1S/C26H35NO2/c1-25-10-6-17-18-7-11-26(29)15-23(26)20(18)3-2-19(17)21(25)4-5-22(25)24(28)14-16-8-12-27-13-9-16/h8-9,12-13,17-23,29H,2-7,10-11,14-15H2,1H3/t17-,18-,19-,20+,21+,22-,23?,25+,26+/m1/s1. The molecule has 1 heterocycles. The highest BCUT2D eigenvalue weighted by molar-refractivity contribution is 5.84. The Morgan fingerprint density at radius 1 is 0.966 bits per heavy atom. The number of Topliss-reactive ketones (excluding diaryl/α,β-unsaturated/α-hetero) is 1. The van der Waals surface area contributed by atoms with E-state index in [1.165, 1.54) is 38.5 Å². The lowest BCUT2D eigenvalue weighted by Crippen LogP contribution is -2.50. The summed E-state index contributed by atoms with van der Waals surface area (Å²) in [5.41, 5.74) is 1.06. The molecule has 29 heavy (non-hydrogen) atoms. The second-order valence-corrected chi connectivity index (χ2v) is 11.5. The summed E-state index contributed by atoms with van der Waals surface area (Å²) in [6, 6.07) is 3.99. The molecule has 1 N–H and O–H groups in total. The van der Waals surface area contributed by atoms with E-state index in [4.69, 9.17) is 0 Å². The second kappa shape index (κ2) is 6.39. The van der Waals surface area contributed by atoms with E-state index in [0.29, 0.717) is 18.1 Å². The number of pyridine rings is 1. The minimum atomic E-state index is -0.269. The molecule has 0 aromatic carbocycles. The Labute approximate surface area is 174 Å². The Morgan fingerprint density at radius 3 is 2.41 bits per heavy atom. The Hall–Kier alpha value is -1.22. The first-order chi connectivity index (χ1) is 14.0. The lowest BCUT2D eigenvalue weighted by molar-refractivity contribution is -0.130. The van der Waals surface area contributed by atoms with Crippen molar-refractivity contribution in [3.8, 4) is 0 Å². The fraction of sp³-hybridized carbons (Fsp3) is 0.769. The smallest absolute Gasteiger partial charge is 0.140 e. The Balaban J connectivity index is 1.20. The third-order valence-electron chi connectivity index (χ3n) is 10.5. The van der Waals surface area contributed by atoms with Gasteiger partial charge in [0.1, 0.15) is 5.78 Å². The van der Waals surface area contributed by atoms with Gasteiger partial charge in [0.2, 0.25) is 0 Å². The van der Waals surface area contributed by atoms with Crippen LogP contribution in [0, 0.1) is 46.8 Å². The predicted molar refractivity (Wildman–Crippen MR) is 112 cm³/mol. The summed E-state index contributed by atoms with van der Waals surface area (Å²) >= 11 is 0. The number of aromatic nitrogens is 1. The lowest BCUT2D eigenvalue weighted by atomic mass is 9.49. The van der Waals surface area contributed by atoms with Gasteiger partial charge in [0.05, 0.1) is 5.60 Å². The number of fused-ring (bicyclic) bond motifs is 7. The highest BCUT2D eigenvalue weighted by Crippen LogP contribution is 2.68. The third-order valence-corrected chi connectivity index (χ3v) is 10.5. The van der Waals surface area contributed by atoms with Crippen LogP contribution in [0.2, 0.25) is 0 Å². The van der Waals surface area contributed by atoms with Crippen LogP contribution in [0.4, 0.5) is 0 Å². The van der Waals surface area contributed by atoms with Crippen molar-refractivity contribution in [2.75, 3.05) is 0 Å². The molecule has 0 spiro atoms. The van der Waals surface area contributed by atoms with Crippen LogP contribution in [0.5, 0.6) is 0 Å². The van der Waals surface area contributed by atoms with Gasteiger partial charge in [-0.25, -0.2) is 0 Å². The largest absolute Gasteiger partial charge is 0.390 e. The number of aliphatic hydroxyl groups is 1. The van der Waals surface area contributed by atoms with E-state index in [-0.39, 0.29) is 16.9 Å². The topological polar surface area (TPSA) is 50.2 Å². The molecule has 5 aliphatic rings. The first-order valence-corrected chi connectivity index (χ1v) is 12.1. The van der Waals surface area contributed by atoms with E-state index >= 15 is 0 Å². The normalized spacial score (nSPS) is 50.1. The zero-order valence-electron chi connectivity index (χ0n) is 17.7. The molecule has 1 aromatic rings. The fourth-order valence-corrected chi connectivity index (χ4v) is 9.04. The zero-order valence-corrected chi connectivity index (χ0v) is 17.7. The molecule has 0 radical (unpaired) electrons. The lowest BCUT2D eigenvalue weighted by Gasteiger charge is -2.56. The molecule has 156 valence electrons. The number of rotatable bonds is 3. The third kappa shape index (κ3) is 2.72. The minimum Gasteiger partial charge on any atom is -0.390 e. The number of hydrogen-bond donors (Lipinski definition) is 1. The maximum atomic E-state index is 13.3. The summed E-state index contributed by atoms with van der Waals surface area (Å²) in [7, 11) is 0. The molecule has 1 unspecified atom stereocenters. The molecule has 3 nitrogen and oxygen atoms in total. The number of ketones is 1. The van der Waals surface area contributed by atoms with E-state index in [9.17, 15) is 9.90 Å². The number of nitrogens with zero attached hydrogens (tertiary/aromatic N) is 1. The van der Waals surface area contributed by atoms with Crippen molar-refractivity contribution in [3.63, 3.8) is 0 Å². The summed E-state index contributed by atoms with van der Waals surface area (Å²) in [5.74, 6) is 5.43. The van der Waals surface area contributed by atoms with Crippen LogP contribution < -0.4 is 0 Å². The molecular weight excluding hydrogens is 358 g/mol. The van der Waals surface area contributed by atoms with Crippen LogP contribution in [-0.2, 0) is 11.2 Å². The van der Waals surface area contributed by atoms with Crippen molar-refractivity contribution in [1.29, 1.82) is 0 Å². The number of hydrogen-bond acceptors (Lipinski definition) is 3. The maximum Gasteiger partial charge on any atom is 0.140 e. The van der Waals surface area contributed by atoms with Gasteiger partial charge in [-0.1, -0.05) is 6.92 Å². The summed E-state index contributed by atoms with van der Waals surface area (Å²) < 4.78 is 0. The van der Waals surface area contributed by atoms with E-state index in [0.717, 1.165) is 54.4 Å². The summed E-state index contributed by atoms with van der Waals surface area (Å²) in [4.78, 5) is 17.4. The molecule has 0 saturated heterocycles. The SMILES string of the molecule is C[C@]12CC[C@@H]3[C@H]4CC[C@]5(O)CC5[C@H]4CC[C@H]3[C@@H]1CC[C@@H]2C(=O)Cc1ccncc1. The number of carbonyl (C=O) groups excluding carboxylic acids is 1. The molecule has 5 saturated carbocycles. The summed E-state index contributed by atoms with van der Waals surface area (Å²) in [5, 5.41) is 10.7. The summed E-state index contributed by atoms with van der Waals surface area (Å²) in [6.45, 7) is 2.46. The first kappa shape index (κ1) is 18.5. The molecule has 9 atom stereocenters. The zero-order chi connectivity index (χ0) is 19.8. The monoisotopic (exact) mass is 393 g/mol. The average Bonchev–Trinajstić information content (AvgIpc) is 3.29. The Bertz CT molecular complexity index is 808. The van der Waals surface area contributed by atoms with Crippen molar-refractivity contribution >= 4 is 5.78 Å². The quantitative estimate of drug-likeness (QED) is 0.801. The van der Waals surface area contributed by atoms with Gasteiger partial charge < -0.3 is 5.11 Å². The van der Waals surface area contributed by atoms with Crippen LogP contribution in [0.25, 0.3) is 0 Å². The van der Waals surface area contributed by atoms with Crippen LogP contribution in [-0.4, -0.2) is 21.5 Å². The van der Waals surface area contributed by atoms with Crippen molar-refractivity contribution in [1.82, 2.24) is 4.98 Å². The molecular formula is C26H35NO2. The Morgan fingerprint density at radius 2 is 1.66 bits per heavy atom. The van der Waals surface area contributed by atoms with Crippen LogP contribution in [0.15, 0.2) is 24.5 Å². The first-order valence-electron chi connectivity index (χ1n) is 12.1. The Kier molecular flexibility index (Phi) is 4.08. The van der Waals surface area contributed by atoms with E-state index in [2.05, 4.69) is 11.9 Å². The molecule has 6 rings (SSSR count). The number of carbonyl (C=O) groups is 1. The van der Waals surface area contributed by atoms with Crippen LogP contribution in [0.3, 0.4) is 0 Å². The van der Waals surface area contributed by atoms with E-state index in [1.807, 2.05) is 12.1 Å². The average molecular weight is 394 g/mol. The van der Waals surface area contributed by atoms with Crippen molar-refractivity contribution in [3.05, 3.63) is 30.1 Å². The molecule has 0 bridgehead atoms. The fourth-order valence-electron chi connectivity index (χ4n) is 9.04. The molecule has 0 aliphatic heterocycles.